The number of fused-ring (bicyclic) bond motifs is 2. The molecule has 3 heterocycles. The highest BCUT2D eigenvalue weighted by molar-refractivity contribution is 8.27. The number of amidine groups is 2. The Morgan fingerprint density at radius 2 is 1.63 bits per heavy atom. The van der Waals surface area contributed by atoms with E-state index in [0.29, 0.717) is 23.4 Å². The van der Waals surface area contributed by atoms with Crippen molar-refractivity contribution in [2.45, 2.75) is 39.7 Å². The molecule has 0 saturated heterocycles. The number of nitrogens with one attached hydrogen (secondary N) is 1. The van der Waals surface area contributed by atoms with Crippen LogP contribution in [0.25, 0.3) is 17.0 Å². The van der Waals surface area contributed by atoms with E-state index in [1.54, 1.807) is 6.08 Å². The Morgan fingerprint density at radius 1 is 0.930 bits per heavy atom. The lowest BCUT2D eigenvalue weighted by atomic mass is 9.87. The number of aromatic nitrogens is 1. The summed E-state index contributed by atoms with van der Waals surface area (Å²) in [6.07, 6.45) is 1.77. The van der Waals surface area contributed by atoms with Crippen LogP contribution in [0.2, 0.25) is 0 Å². The molecule has 0 unspecified atom stereocenters. The van der Waals surface area contributed by atoms with Crippen LogP contribution >= 0.6 is 11.8 Å². The molecule has 43 heavy (non-hydrogen) atoms. The third kappa shape index (κ3) is 5.85. The number of carbonyl (C=O) groups is 1. The molecule has 1 aromatic heterocycles. The van der Waals surface area contributed by atoms with E-state index in [1.807, 2.05) is 67.6 Å². The minimum absolute atomic E-state index is 0.00419. The zero-order chi connectivity index (χ0) is 30.1. The first-order valence-corrected chi connectivity index (χ1v) is 15.0. The normalized spacial score (nSPS) is 16.0. The second kappa shape index (κ2) is 11.6. The van der Waals surface area contributed by atoms with Gasteiger partial charge in [-0.05, 0) is 66.1 Å². The standard InChI is InChI=1S/C34H33N5O3S/c1-22-27(20-28-31(35)39-33(36-32(28)40)43-30(37-39)21-42-24-10-6-5-7-11-24)26-12-8-9-13-29(26)38(22)18-19-41-25-16-14-23(15-17-25)34(2,3)4/h5-17,20,35H,18-19,21H2,1-4H3/b28-20-,35-31?. The van der Waals surface area contributed by atoms with Gasteiger partial charge in [0.1, 0.15) is 29.8 Å². The Bertz CT molecular complexity index is 1800. The molecular formula is C34H33N5O3S. The Kier molecular flexibility index (Phi) is 7.66. The quantitative estimate of drug-likeness (QED) is 0.222. The van der Waals surface area contributed by atoms with Gasteiger partial charge in [0.25, 0.3) is 5.91 Å². The summed E-state index contributed by atoms with van der Waals surface area (Å²) in [4.78, 5) is 17.4. The summed E-state index contributed by atoms with van der Waals surface area (Å²) in [6.45, 7) is 9.95. The first-order chi connectivity index (χ1) is 20.7. The summed E-state index contributed by atoms with van der Waals surface area (Å²) >= 11 is 1.24. The summed E-state index contributed by atoms with van der Waals surface area (Å²) in [5.74, 6) is 1.09. The van der Waals surface area contributed by atoms with Crippen molar-refractivity contribution < 1.29 is 14.3 Å². The van der Waals surface area contributed by atoms with Crippen molar-refractivity contribution in [2.75, 3.05) is 13.2 Å². The number of carbonyl (C=O) groups excluding carboxylic acids is 1. The number of hydrogen-bond acceptors (Lipinski definition) is 6. The number of rotatable bonds is 8. The topological polar surface area (TPSA) is 92.3 Å². The van der Waals surface area contributed by atoms with Crippen LogP contribution in [0.1, 0.15) is 37.6 Å². The third-order valence-electron chi connectivity index (χ3n) is 7.47. The maximum absolute atomic E-state index is 13.2. The number of para-hydroxylation sites is 2. The number of aliphatic imine (C=N–C) groups is 1. The molecule has 3 aromatic carbocycles. The number of thioether (sulfide) groups is 1. The van der Waals surface area contributed by atoms with Gasteiger partial charge in [-0.15, -0.1) is 0 Å². The number of benzene rings is 3. The van der Waals surface area contributed by atoms with E-state index in [4.69, 9.17) is 14.9 Å². The van der Waals surface area contributed by atoms with Crippen molar-refractivity contribution in [3.05, 3.63) is 101 Å². The molecule has 0 spiro atoms. The van der Waals surface area contributed by atoms with E-state index in [1.165, 1.54) is 22.3 Å². The van der Waals surface area contributed by atoms with Crippen molar-refractivity contribution in [1.82, 2.24) is 9.58 Å². The van der Waals surface area contributed by atoms with Crippen LogP contribution in [0.5, 0.6) is 11.5 Å². The molecule has 0 atom stereocenters. The van der Waals surface area contributed by atoms with Crippen LogP contribution < -0.4 is 9.47 Å². The van der Waals surface area contributed by atoms with Crippen molar-refractivity contribution >= 4 is 50.7 Å². The van der Waals surface area contributed by atoms with E-state index >= 15 is 0 Å². The lowest BCUT2D eigenvalue weighted by molar-refractivity contribution is -0.114. The highest BCUT2D eigenvalue weighted by Crippen LogP contribution is 2.32. The van der Waals surface area contributed by atoms with Gasteiger partial charge >= 0.3 is 0 Å². The molecule has 1 amide bonds. The van der Waals surface area contributed by atoms with Crippen LogP contribution in [0, 0.1) is 12.3 Å². The molecule has 2 aliphatic rings. The first-order valence-electron chi connectivity index (χ1n) is 14.2. The van der Waals surface area contributed by atoms with E-state index in [0.717, 1.165) is 33.7 Å². The molecule has 218 valence electrons. The summed E-state index contributed by atoms with van der Waals surface area (Å²) in [5.41, 5.74) is 4.44. The Morgan fingerprint density at radius 3 is 2.37 bits per heavy atom. The predicted octanol–water partition coefficient (Wildman–Crippen LogP) is 7.02. The number of nitrogens with zero attached hydrogens (tertiary/aromatic N) is 4. The number of hydrogen-bond donors (Lipinski definition) is 1. The molecular weight excluding hydrogens is 558 g/mol. The maximum Gasteiger partial charge on any atom is 0.283 e. The lowest BCUT2D eigenvalue weighted by Crippen LogP contribution is -2.35. The molecule has 2 aliphatic heterocycles. The van der Waals surface area contributed by atoms with E-state index in [9.17, 15) is 4.79 Å². The number of amides is 1. The average Bonchev–Trinajstić information content (AvgIpc) is 3.52. The van der Waals surface area contributed by atoms with Gasteiger partial charge in [-0.1, -0.05) is 69.3 Å². The fourth-order valence-corrected chi connectivity index (χ4v) is 5.93. The van der Waals surface area contributed by atoms with Crippen LogP contribution in [-0.4, -0.2) is 44.7 Å². The van der Waals surface area contributed by atoms with Gasteiger partial charge in [-0.25, -0.2) is 0 Å². The van der Waals surface area contributed by atoms with Gasteiger partial charge in [0, 0.05) is 22.2 Å². The molecule has 9 heteroatoms. The minimum Gasteiger partial charge on any atom is -0.492 e. The molecule has 6 rings (SSSR count). The molecule has 0 radical (unpaired) electrons. The van der Waals surface area contributed by atoms with Gasteiger partial charge < -0.3 is 14.0 Å². The monoisotopic (exact) mass is 591 g/mol. The zero-order valence-electron chi connectivity index (χ0n) is 24.6. The molecule has 1 N–H and O–H groups in total. The fraction of sp³-hybridized carbons (Fsp3) is 0.235. The van der Waals surface area contributed by atoms with E-state index < -0.39 is 5.91 Å². The van der Waals surface area contributed by atoms with Crippen LogP contribution in [-0.2, 0) is 16.8 Å². The molecule has 0 aliphatic carbocycles. The van der Waals surface area contributed by atoms with Gasteiger partial charge in [-0.2, -0.15) is 15.1 Å². The summed E-state index contributed by atoms with van der Waals surface area (Å²) in [5, 5.41) is 16.8. The summed E-state index contributed by atoms with van der Waals surface area (Å²) < 4.78 is 14.1. The Labute approximate surface area is 255 Å². The Balaban J connectivity index is 1.22. The highest BCUT2D eigenvalue weighted by Gasteiger charge is 2.36. The maximum atomic E-state index is 13.2. The SMILES string of the molecule is Cc1c(/C=C2/C(=N)N3N=C(COc4ccccc4)SC3=NC2=O)c2ccccc2n1CCOc1ccc(C(C)(C)C)cc1. The van der Waals surface area contributed by atoms with Crippen LogP contribution in [0.4, 0.5) is 0 Å². The molecule has 0 fully saturated rings. The predicted molar refractivity (Wildman–Crippen MR) is 174 cm³/mol. The smallest absolute Gasteiger partial charge is 0.283 e. The second-order valence-corrected chi connectivity index (χ2v) is 12.4. The average molecular weight is 592 g/mol. The van der Waals surface area contributed by atoms with Crippen molar-refractivity contribution in [3.8, 4) is 11.5 Å². The molecule has 0 bridgehead atoms. The molecule has 4 aromatic rings. The zero-order valence-corrected chi connectivity index (χ0v) is 25.4. The summed E-state index contributed by atoms with van der Waals surface area (Å²) in [6, 6.07) is 25.8. The molecule has 8 nitrogen and oxygen atoms in total. The fourth-order valence-electron chi connectivity index (χ4n) is 5.13. The van der Waals surface area contributed by atoms with Gasteiger partial charge in [0.05, 0.1) is 12.1 Å². The second-order valence-electron chi connectivity index (χ2n) is 11.4. The minimum atomic E-state index is -0.456. The van der Waals surface area contributed by atoms with Crippen LogP contribution in [0.3, 0.4) is 0 Å². The number of ether oxygens (including phenoxy) is 2. The van der Waals surface area contributed by atoms with Crippen LogP contribution in [0.15, 0.2) is 94.5 Å². The molecule has 0 saturated carbocycles. The summed E-state index contributed by atoms with van der Waals surface area (Å²) in [7, 11) is 0. The van der Waals surface area contributed by atoms with Crippen molar-refractivity contribution in [1.29, 1.82) is 5.41 Å². The lowest BCUT2D eigenvalue weighted by Gasteiger charge is -2.20. The third-order valence-corrected chi connectivity index (χ3v) is 8.36. The van der Waals surface area contributed by atoms with Gasteiger partial charge in [0.2, 0.25) is 5.17 Å². The largest absolute Gasteiger partial charge is 0.492 e. The Hall–Kier alpha value is -4.63. The van der Waals surface area contributed by atoms with Gasteiger partial charge in [0.15, 0.2) is 5.84 Å². The van der Waals surface area contributed by atoms with Crippen molar-refractivity contribution in [2.24, 2.45) is 10.1 Å². The van der Waals surface area contributed by atoms with Gasteiger partial charge in [-0.3, -0.25) is 10.2 Å². The van der Waals surface area contributed by atoms with E-state index in [-0.39, 0.29) is 23.4 Å². The highest BCUT2D eigenvalue weighted by atomic mass is 32.2. The first kappa shape index (κ1) is 28.5. The van der Waals surface area contributed by atoms with Crippen molar-refractivity contribution in [3.63, 3.8) is 0 Å². The number of hydrazone groups is 1. The van der Waals surface area contributed by atoms with E-state index in [2.05, 4.69) is 53.6 Å².